The van der Waals surface area contributed by atoms with Crippen molar-refractivity contribution in [1.82, 2.24) is 4.98 Å². The summed E-state index contributed by atoms with van der Waals surface area (Å²) in [5.74, 6) is 0.295. The smallest absolute Gasteiger partial charge is 0.252 e. The van der Waals surface area contributed by atoms with Crippen LogP contribution >= 0.6 is 0 Å². The zero-order valence-corrected chi connectivity index (χ0v) is 13.3. The molecular formula is C16H17N5O3. The number of hydrogen-bond donors (Lipinski definition) is 3. The summed E-state index contributed by atoms with van der Waals surface area (Å²) >= 11 is 0. The number of rotatable bonds is 6. The fourth-order valence-corrected chi connectivity index (χ4v) is 2.08. The van der Waals surface area contributed by atoms with Crippen LogP contribution in [0.15, 0.2) is 24.3 Å². The molecule has 0 atom stereocenters. The summed E-state index contributed by atoms with van der Waals surface area (Å²) in [6.07, 6.45) is 0. The average molecular weight is 327 g/mol. The fraction of sp³-hybridized carbons (Fsp3) is 0.188. The second kappa shape index (κ2) is 7.19. The number of hydrogen-bond acceptors (Lipinski definition) is 7. The largest absolute Gasteiger partial charge is 0.496 e. The third-order valence-electron chi connectivity index (χ3n) is 3.15. The number of carbonyl (C=O) groups excluding carboxylic acids is 1. The van der Waals surface area contributed by atoms with Crippen LogP contribution < -0.4 is 26.3 Å². The van der Waals surface area contributed by atoms with E-state index in [2.05, 4.69) is 10.3 Å². The third-order valence-corrected chi connectivity index (χ3v) is 3.15. The van der Waals surface area contributed by atoms with Crippen molar-refractivity contribution >= 4 is 23.1 Å². The molecule has 0 saturated carbocycles. The molecule has 24 heavy (non-hydrogen) atoms. The van der Waals surface area contributed by atoms with Crippen LogP contribution in [0.5, 0.6) is 11.6 Å². The lowest BCUT2D eigenvalue weighted by Gasteiger charge is -2.13. The number of amides is 1. The Kier molecular flexibility index (Phi) is 5.06. The van der Waals surface area contributed by atoms with E-state index in [4.69, 9.17) is 26.2 Å². The van der Waals surface area contributed by atoms with Gasteiger partial charge in [0.05, 0.1) is 25.0 Å². The van der Waals surface area contributed by atoms with Crippen molar-refractivity contribution in [1.29, 1.82) is 5.26 Å². The molecule has 8 heteroatoms. The molecule has 1 aromatic heterocycles. The van der Waals surface area contributed by atoms with Crippen molar-refractivity contribution in [2.45, 2.75) is 6.92 Å². The number of ether oxygens (including phenoxy) is 2. The van der Waals surface area contributed by atoms with Crippen LogP contribution in [0, 0.1) is 11.3 Å². The Morgan fingerprint density at radius 1 is 1.42 bits per heavy atom. The summed E-state index contributed by atoms with van der Waals surface area (Å²) in [4.78, 5) is 15.6. The van der Waals surface area contributed by atoms with E-state index in [-0.39, 0.29) is 22.7 Å². The highest BCUT2D eigenvalue weighted by molar-refractivity contribution is 5.96. The molecule has 0 aliphatic rings. The average Bonchev–Trinajstić information content (AvgIpc) is 2.54. The van der Waals surface area contributed by atoms with E-state index in [9.17, 15) is 4.79 Å². The maximum atomic E-state index is 11.3. The van der Waals surface area contributed by atoms with Crippen LogP contribution in [0.25, 0.3) is 0 Å². The summed E-state index contributed by atoms with van der Waals surface area (Å²) in [6, 6.07) is 8.29. The Hall–Kier alpha value is -3.47. The maximum Gasteiger partial charge on any atom is 0.252 e. The van der Waals surface area contributed by atoms with Gasteiger partial charge in [-0.3, -0.25) is 4.79 Å². The Bertz CT molecular complexity index is 814. The number of nitrogens with one attached hydrogen (secondary N) is 1. The maximum absolute atomic E-state index is 11.3. The first kappa shape index (κ1) is 16.9. The topological polar surface area (TPSA) is 136 Å². The molecule has 5 N–H and O–H groups in total. The minimum atomic E-state index is -0.585. The Morgan fingerprint density at radius 2 is 2.17 bits per heavy atom. The number of pyridine rings is 1. The van der Waals surface area contributed by atoms with E-state index in [0.29, 0.717) is 23.9 Å². The number of benzene rings is 1. The summed E-state index contributed by atoms with van der Waals surface area (Å²) in [5, 5.41) is 12.1. The quantitative estimate of drug-likeness (QED) is 0.735. The van der Waals surface area contributed by atoms with Crippen molar-refractivity contribution in [3.63, 3.8) is 0 Å². The first-order chi connectivity index (χ1) is 11.5. The van der Waals surface area contributed by atoms with Gasteiger partial charge >= 0.3 is 0 Å². The molecule has 2 rings (SSSR count). The fourth-order valence-electron chi connectivity index (χ4n) is 2.08. The van der Waals surface area contributed by atoms with E-state index in [1.807, 2.05) is 6.07 Å². The number of nitriles is 1. The Balaban J connectivity index is 2.38. The Morgan fingerprint density at radius 3 is 2.75 bits per heavy atom. The first-order valence-corrected chi connectivity index (χ1v) is 7.08. The second-order valence-corrected chi connectivity index (χ2v) is 4.73. The number of nitrogens with two attached hydrogens (primary N) is 2. The third kappa shape index (κ3) is 3.47. The lowest BCUT2D eigenvalue weighted by atomic mass is 10.1. The predicted octanol–water partition coefficient (Wildman–Crippen LogP) is 1.79. The van der Waals surface area contributed by atoms with Gasteiger partial charge in [0.1, 0.15) is 23.2 Å². The molecule has 0 spiro atoms. The summed E-state index contributed by atoms with van der Waals surface area (Å²) in [7, 11) is 1.44. The van der Waals surface area contributed by atoms with E-state index in [1.54, 1.807) is 25.1 Å². The van der Waals surface area contributed by atoms with Gasteiger partial charge in [-0.1, -0.05) is 0 Å². The van der Waals surface area contributed by atoms with Gasteiger partial charge < -0.3 is 26.3 Å². The molecule has 8 nitrogen and oxygen atoms in total. The van der Waals surface area contributed by atoms with Crippen LogP contribution in [-0.2, 0) is 0 Å². The summed E-state index contributed by atoms with van der Waals surface area (Å²) < 4.78 is 10.5. The van der Waals surface area contributed by atoms with Crippen LogP contribution in [0.1, 0.15) is 22.8 Å². The van der Waals surface area contributed by atoms with E-state index >= 15 is 0 Å². The number of anilines is 3. The molecule has 0 fully saturated rings. The van der Waals surface area contributed by atoms with Crippen molar-refractivity contribution in [2.75, 3.05) is 24.8 Å². The molecule has 0 bridgehead atoms. The van der Waals surface area contributed by atoms with E-state index in [0.717, 1.165) is 0 Å². The van der Waals surface area contributed by atoms with E-state index in [1.165, 1.54) is 13.2 Å². The molecule has 0 aliphatic carbocycles. The summed E-state index contributed by atoms with van der Waals surface area (Å²) in [5.41, 5.74) is 12.5. The monoisotopic (exact) mass is 327 g/mol. The van der Waals surface area contributed by atoms with Crippen LogP contribution in [0.4, 0.5) is 17.2 Å². The number of aromatic nitrogens is 1. The summed E-state index contributed by atoms with van der Waals surface area (Å²) in [6.45, 7) is 2.14. The number of nitrogens with zero attached hydrogens (tertiary/aromatic N) is 2. The van der Waals surface area contributed by atoms with Gasteiger partial charge in [0.25, 0.3) is 5.91 Å². The molecule has 0 aliphatic heterocycles. The molecule has 1 aromatic carbocycles. The molecule has 1 heterocycles. The van der Waals surface area contributed by atoms with Gasteiger partial charge in [0, 0.05) is 17.8 Å². The highest BCUT2D eigenvalue weighted by atomic mass is 16.5. The van der Waals surface area contributed by atoms with Crippen molar-refractivity contribution in [3.05, 3.63) is 35.4 Å². The highest BCUT2D eigenvalue weighted by Crippen LogP contribution is 2.29. The first-order valence-electron chi connectivity index (χ1n) is 7.08. The van der Waals surface area contributed by atoms with Gasteiger partial charge in [0.15, 0.2) is 0 Å². The highest BCUT2D eigenvalue weighted by Gasteiger charge is 2.13. The zero-order valence-electron chi connectivity index (χ0n) is 13.3. The van der Waals surface area contributed by atoms with Crippen molar-refractivity contribution in [3.8, 4) is 17.7 Å². The lowest BCUT2D eigenvalue weighted by Crippen LogP contribution is -2.12. The van der Waals surface area contributed by atoms with Crippen LogP contribution in [-0.4, -0.2) is 24.6 Å². The lowest BCUT2D eigenvalue weighted by molar-refractivity contribution is 0.0997. The van der Waals surface area contributed by atoms with Gasteiger partial charge in [-0.2, -0.15) is 10.2 Å². The minimum Gasteiger partial charge on any atom is -0.496 e. The second-order valence-electron chi connectivity index (χ2n) is 4.73. The molecule has 0 saturated heterocycles. The normalized spacial score (nSPS) is 9.88. The number of nitrogen functional groups attached to an aromatic ring is 1. The van der Waals surface area contributed by atoms with E-state index < -0.39 is 5.91 Å². The molecule has 0 radical (unpaired) electrons. The standard InChI is InChI=1S/C16H17N5O3/c1-3-24-16-11(8-17)12(18)7-14(21-16)20-9-4-5-10(15(19)22)13(6-9)23-2/h4-7H,3H2,1-2H3,(H2,19,22)(H3,18,20,21). The van der Waals surface area contributed by atoms with Crippen molar-refractivity contribution in [2.24, 2.45) is 5.73 Å². The minimum absolute atomic E-state index is 0.156. The molecule has 0 unspecified atom stereocenters. The van der Waals surface area contributed by atoms with Gasteiger partial charge in [-0.15, -0.1) is 0 Å². The number of carbonyl (C=O) groups is 1. The van der Waals surface area contributed by atoms with Crippen LogP contribution in [0.3, 0.4) is 0 Å². The number of primary amides is 1. The van der Waals surface area contributed by atoms with Crippen molar-refractivity contribution < 1.29 is 14.3 Å². The zero-order chi connectivity index (χ0) is 17.7. The molecule has 1 amide bonds. The molecule has 2 aromatic rings. The van der Waals surface area contributed by atoms with Gasteiger partial charge in [-0.25, -0.2) is 0 Å². The molecular weight excluding hydrogens is 310 g/mol. The SMILES string of the molecule is CCOc1nc(Nc2ccc(C(N)=O)c(OC)c2)cc(N)c1C#N. The Labute approximate surface area is 139 Å². The predicted molar refractivity (Wildman–Crippen MR) is 89.3 cm³/mol. The molecule has 124 valence electrons. The van der Waals surface area contributed by atoms with Crippen LogP contribution in [0.2, 0.25) is 0 Å². The number of methoxy groups -OCH3 is 1. The van der Waals surface area contributed by atoms with Gasteiger partial charge in [-0.05, 0) is 19.1 Å². The van der Waals surface area contributed by atoms with Gasteiger partial charge in [0.2, 0.25) is 5.88 Å².